The van der Waals surface area contributed by atoms with E-state index in [0.717, 1.165) is 5.56 Å². The molecule has 0 aliphatic carbocycles. The molecule has 2 aromatic carbocycles. The van der Waals surface area contributed by atoms with Crippen molar-refractivity contribution in [3.63, 3.8) is 0 Å². The average molecular weight is 283 g/mol. The predicted octanol–water partition coefficient (Wildman–Crippen LogP) is 3.48. The monoisotopic (exact) mass is 282 g/mol. The number of benzene rings is 2. The minimum absolute atomic E-state index is 0.299. The summed E-state index contributed by atoms with van der Waals surface area (Å²) in [6.45, 7) is 1.81. The van der Waals surface area contributed by atoms with E-state index in [1.807, 2.05) is 6.92 Å². The molecule has 2 aromatic rings. The van der Waals surface area contributed by atoms with Crippen molar-refractivity contribution >= 4 is 11.6 Å². The third kappa shape index (κ3) is 2.92. The Morgan fingerprint density at radius 1 is 1.11 bits per heavy atom. The van der Waals surface area contributed by atoms with Crippen LogP contribution in [0.15, 0.2) is 36.4 Å². The molecular weight excluding hydrogens is 270 g/mol. The van der Waals surface area contributed by atoms with Gasteiger partial charge in [-0.05, 0) is 42.3 Å². The average Bonchev–Trinajstić information content (AvgIpc) is 2.36. The van der Waals surface area contributed by atoms with Gasteiger partial charge in [-0.2, -0.15) is 0 Å². The van der Waals surface area contributed by atoms with Gasteiger partial charge in [0.1, 0.15) is 11.6 Å². The second kappa shape index (κ2) is 5.65. The Kier molecular flexibility index (Phi) is 4.14. The van der Waals surface area contributed by atoms with Gasteiger partial charge in [0.2, 0.25) is 0 Å². The number of hydrogen-bond acceptors (Lipinski definition) is 2. The summed E-state index contributed by atoms with van der Waals surface area (Å²) in [5.74, 6) is 4.61. The summed E-state index contributed by atoms with van der Waals surface area (Å²) in [5, 5.41) is 0.299. The van der Waals surface area contributed by atoms with Gasteiger partial charge in [0.05, 0.1) is 6.04 Å². The van der Waals surface area contributed by atoms with Gasteiger partial charge in [0.15, 0.2) is 0 Å². The molecule has 19 heavy (non-hydrogen) atoms. The number of nitrogens with two attached hydrogens (primary N) is 1. The Balaban J connectivity index is 2.52. The van der Waals surface area contributed by atoms with Gasteiger partial charge in [-0.3, -0.25) is 5.84 Å². The molecule has 0 heterocycles. The van der Waals surface area contributed by atoms with Crippen LogP contribution in [0.1, 0.15) is 22.7 Å². The van der Waals surface area contributed by atoms with Crippen LogP contribution >= 0.6 is 11.6 Å². The van der Waals surface area contributed by atoms with Crippen LogP contribution in [0, 0.1) is 18.6 Å². The highest BCUT2D eigenvalue weighted by atomic mass is 35.5. The topological polar surface area (TPSA) is 38.0 Å². The first-order valence-electron chi connectivity index (χ1n) is 5.70. The first-order valence-corrected chi connectivity index (χ1v) is 6.08. The molecule has 0 saturated carbocycles. The molecule has 0 aliphatic heterocycles. The molecule has 3 N–H and O–H groups in total. The Morgan fingerprint density at radius 2 is 1.84 bits per heavy atom. The van der Waals surface area contributed by atoms with Crippen molar-refractivity contribution in [3.05, 3.63) is 69.7 Å². The number of hydrogen-bond donors (Lipinski definition) is 2. The maximum Gasteiger partial charge on any atom is 0.129 e. The minimum Gasteiger partial charge on any atom is -0.271 e. The molecule has 2 rings (SSSR count). The van der Waals surface area contributed by atoms with Gasteiger partial charge < -0.3 is 0 Å². The molecule has 0 fully saturated rings. The maximum atomic E-state index is 13.9. The van der Waals surface area contributed by atoms with Crippen LogP contribution in [0.25, 0.3) is 0 Å². The highest BCUT2D eigenvalue weighted by Crippen LogP contribution is 2.28. The van der Waals surface area contributed by atoms with Crippen molar-refractivity contribution in [1.29, 1.82) is 0 Å². The number of nitrogens with one attached hydrogen (secondary N) is 1. The molecule has 0 aromatic heterocycles. The smallest absolute Gasteiger partial charge is 0.129 e. The molecule has 0 saturated heterocycles. The lowest BCUT2D eigenvalue weighted by Crippen LogP contribution is -2.30. The summed E-state index contributed by atoms with van der Waals surface area (Å²) in [5.41, 5.74) is 4.24. The lowest BCUT2D eigenvalue weighted by atomic mass is 9.95. The van der Waals surface area contributed by atoms with E-state index >= 15 is 0 Å². The lowest BCUT2D eigenvalue weighted by molar-refractivity contribution is 0.554. The van der Waals surface area contributed by atoms with E-state index in [9.17, 15) is 8.78 Å². The Morgan fingerprint density at radius 3 is 2.47 bits per heavy atom. The molecule has 5 heteroatoms. The van der Waals surface area contributed by atoms with E-state index in [1.165, 1.54) is 24.3 Å². The van der Waals surface area contributed by atoms with Crippen LogP contribution in [0.3, 0.4) is 0 Å². The van der Waals surface area contributed by atoms with E-state index in [0.29, 0.717) is 16.1 Å². The van der Waals surface area contributed by atoms with E-state index in [-0.39, 0.29) is 0 Å². The first-order chi connectivity index (χ1) is 9.02. The fourth-order valence-electron chi connectivity index (χ4n) is 2.01. The van der Waals surface area contributed by atoms with Crippen molar-refractivity contribution in [1.82, 2.24) is 5.43 Å². The summed E-state index contributed by atoms with van der Waals surface area (Å²) < 4.78 is 27.3. The molecule has 0 spiro atoms. The predicted molar refractivity (Wildman–Crippen MR) is 71.7 cm³/mol. The van der Waals surface area contributed by atoms with Gasteiger partial charge in [0.25, 0.3) is 0 Å². The molecular formula is C14H13ClF2N2. The third-order valence-corrected chi connectivity index (χ3v) is 3.23. The Bertz CT molecular complexity index is 602. The van der Waals surface area contributed by atoms with Crippen LogP contribution < -0.4 is 11.3 Å². The molecule has 1 atom stereocenters. The quantitative estimate of drug-likeness (QED) is 0.668. The van der Waals surface area contributed by atoms with Crippen molar-refractivity contribution in [2.24, 2.45) is 5.84 Å². The van der Waals surface area contributed by atoms with Crippen molar-refractivity contribution in [2.75, 3.05) is 0 Å². The molecule has 0 aliphatic rings. The standard InChI is InChI=1S/C14H13ClF2N2/c1-8-2-4-10(16)7-12(8)14(19-18)11-5-3-9(15)6-13(11)17/h2-7,14,19H,18H2,1H3. The summed E-state index contributed by atoms with van der Waals surface area (Å²) >= 11 is 5.72. The second-order valence-electron chi connectivity index (χ2n) is 4.27. The maximum absolute atomic E-state index is 13.9. The number of rotatable bonds is 3. The normalized spacial score (nSPS) is 12.5. The fourth-order valence-corrected chi connectivity index (χ4v) is 2.16. The summed E-state index contributed by atoms with van der Waals surface area (Å²) in [6.07, 6.45) is 0. The van der Waals surface area contributed by atoms with Gasteiger partial charge in [-0.25, -0.2) is 14.2 Å². The first kappa shape index (κ1) is 13.9. The number of hydrazine groups is 1. The molecule has 1 unspecified atom stereocenters. The second-order valence-corrected chi connectivity index (χ2v) is 4.70. The molecule has 100 valence electrons. The third-order valence-electron chi connectivity index (χ3n) is 2.99. The summed E-state index contributed by atoms with van der Waals surface area (Å²) in [4.78, 5) is 0. The zero-order chi connectivity index (χ0) is 14.0. The van der Waals surface area contributed by atoms with Crippen LogP contribution in [-0.4, -0.2) is 0 Å². The van der Waals surface area contributed by atoms with Crippen molar-refractivity contribution < 1.29 is 8.78 Å². The summed E-state index contributed by atoms with van der Waals surface area (Å²) in [6, 6.07) is 8.00. The molecule has 2 nitrogen and oxygen atoms in total. The number of aryl methyl sites for hydroxylation is 1. The minimum atomic E-state index is -0.632. The molecule has 0 radical (unpaired) electrons. The van der Waals surface area contributed by atoms with Crippen LogP contribution in [0.4, 0.5) is 8.78 Å². The van der Waals surface area contributed by atoms with E-state index in [2.05, 4.69) is 5.43 Å². The van der Waals surface area contributed by atoms with Crippen LogP contribution in [-0.2, 0) is 0 Å². The zero-order valence-corrected chi connectivity index (χ0v) is 11.0. The largest absolute Gasteiger partial charge is 0.271 e. The fraction of sp³-hybridized carbons (Fsp3) is 0.143. The van der Waals surface area contributed by atoms with Crippen LogP contribution in [0.5, 0.6) is 0 Å². The van der Waals surface area contributed by atoms with Crippen molar-refractivity contribution in [2.45, 2.75) is 13.0 Å². The highest BCUT2D eigenvalue weighted by Gasteiger charge is 2.19. The van der Waals surface area contributed by atoms with Crippen molar-refractivity contribution in [3.8, 4) is 0 Å². The van der Waals surface area contributed by atoms with Gasteiger partial charge >= 0.3 is 0 Å². The van der Waals surface area contributed by atoms with E-state index in [4.69, 9.17) is 17.4 Å². The zero-order valence-electron chi connectivity index (χ0n) is 10.3. The Hall–Kier alpha value is -1.49. The van der Waals surface area contributed by atoms with E-state index in [1.54, 1.807) is 12.1 Å². The SMILES string of the molecule is Cc1ccc(F)cc1C(NN)c1ccc(Cl)cc1F. The van der Waals surface area contributed by atoms with E-state index < -0.39 is 17.7 Å². The summed E-state index contributed by atoms with van der Waals surface area (Å²) in [7, 11) is 0. The Labute approximate surface area is 115 Å². The van der Waals surface area contributed by atoms with Gasteiger partial charge in [0, 0.05) is 10.6 Å². The molecule has 0 bridgehead atoms. The van der Waals surface area contributed by atoms with Crippen LogP contribution in [0.2, 0.25) is 5.02 Å². The van der Waals surface area contributed by atoms with Gasteiger partial charge in [-0.15, -0.1) is 0 Å². The van der Waals surface area contributed by atoms with Gasteiger partial charge in [-0.1, -0.05) is 23.7 Å². The molecule has 0 amide bonds. The lowest BCUT2D eigenvalue weighted by Gasteiger charge is -2.20. The highest BCUT2D eigenvalue weighted by molar-refractivity contribution is 6.30. The number of halogens is 3.